The molecule has 30 heavy (non-hydrogen) atoms. The zero-order valence-corrected chi connectivity index (χ0v) is 17.3. The number of fused-ring (bicyclic) bond motifs is 3. The lowest BCUT2D eigenvalue weighted by Crippen LogP contribution is -2.31. The summed E-state index contributed by atoms with van der Waals surface area (Å²) in [4.78, 5) is 13.3. The van der Waals surface area contributed by atoms with Gasteiger partial charge in [-0.05, 0) is 30.4 Å². The second kappa shape index (κ2) is 7.65. The molecule has 7 heteroatoms. The van der Waals surface area contributed by atoms with Crippen molar-refractivity contribution in [2.45, 2.75) is 45.3 Å². The molecule has 0 spiro atoms. The Morgan fingerprint density at radius 2 is 1.90 bits per heavy atom. The van der Waals surface area contributed by atoms with Crippen molar-refractivity contribution in [1.29, 1.82) is 0 Å². The highest BCUT2D eigenvalue weighted by atomic mass is 16.5. The highest BCUT2D eigenvalue weighted by Crippen LogP contribution is 2.33. The number of nitrogens with zero attached hydrogens (tertiary/aromatic N) is 5. The fourth-order valence-corrected chi connectivity index (χ4v) is 4.71. The average molecular weight is 403 g/mol. The molecule has 7 nitrogen and oxygen atoms in total. The van der Waals surface area contributed by atoms with Gasteiger partial charge in [0.15, 0.2) is 11.2 Å². The minimum atomic E-state index is -0.0919. The SMILES string of the molecule is COCc1nn2c(nnc3c(=O)n([C@@H]4CCCC[C@@H]4C)ccc32)c1-c1ccccc1. The number of aromatic nitrogens is 5. The molecule has 3 heterocycles. The van der Waals surface area contributed by atoms with Crippen molar-refractivity contribution in [1.82, 2.24) is 24.4 Å². The Morgan fingerprint density at radius 3 is 2.67 bits per heavy atom. The molecule has 154 valence electrons. The highest BCUT2D eigenvalue weighted by Gasteiger charge is 2.25. The smallest absolute Gasteiger partial charge is 0.280 e. The topological polar surface area (TPSA) is 74.3 Å². The van der Waals surface area contributed by atoms with Crippen LogP contribution in [0.15, 0.2) is 47.4 Å². The fraction of sp³-hybridized carbons (Fsp3) is 0.391. The molecule has 4 aromatic rings. The summed E-state index contributed by atoms with van der Waals surface area (Å²) in [7, 11) is 1.65. The van der Waals surface area contributed by atoms with Crippen LogP contribution < -0.4 is 5.56 Å². The van der Waals surface area contributed by atoms with Crippen LogP contribution in [-0.4, -0.2) is 31.5 Å². The van der Waals surface area contributed by atoms with Gasteiger partial charge in [0.25, 0.3) is 5.56 Å². The van der Waals surface area contributed by atoms with Gasteiger partial charge < -0.3 is 9.30 Å². The molecule has 2 atom stereocenters. The maximum atomic E-state index is 13.3. The quantitative estimate of drug-likeness (QED) is 0.515. The summed E-state index contributed by atoms with van der Waals surface area (Å²) in [6.45, 7) is 2.58. The summed E-state index contributed by atoms with van der Waals surface area (Å²) in [6.07, 6.45) is 6.47. The molecule has 0 saturated heterocycles. The van der Waals surface area contributed by atoms with Gasteiger partial charge in [0, 0.05) is 19.3 Å². The molecule has 1 aromatic carbocycles. The van der Waals surface area contributed by atoms with Crippen LogP contribution in [0.1, 0.15) is 44.3 Å². The Hall–Kier alpha value is -3.06. The van der Waals surface area contributed by atoms with E-state index in [0.717, 1.165) is 36.1 Å². The van der Waals surface area contributed by atoms with Gasteiger partial charge in [-0.1, -0.05) is 50.1 Å². The molecule has 0 radical (unpaired) electrons. The van der Waals surface area contributed by atoms with Gasteiger partial charge in [0.1, 0.15) is 5.52 Å². The maximum Gasteiger partial charge on any atom is 0.280 e. The van der Waals surface area contributed by atoms with Gasteiger partial charge in [0.2, 0.25) is 0 Å². The van der Waals surface area contributed by atoms with E-state index in [1.165, 1.54) is 6.42 Å². The van der Waals surface area contributed by atoms with Crippen molar-refractivity contribution in [3.05, 3.63) is 58.6 Å². The lowest BCUT2D eigenvalue weighted by Gasteiger charge is -2.30. The predicted molar refractivity (Wildman–Crippen MR) is 115 cm³/mol. The third kappa shape index (κ3) is 3.01. The summed E-state index contributed by atoms with van der Waals surface area (Å²) in [5, 5.41) is 13.5. The van der Waals surface area contributed by atoms with Crippen molar-refractivity contribution in [2.75, 3.05) is 7.11 Å². The second-order valence-electron chi connectivity index (χ2n) is 8.15. The van der Waals surface area contributed by atoms with Crippen molar-refractivity contribution >= 4 is 16.7 Å². The number of pyridine rings is 1. The summed E-state index contributed by atoms with van der Waals surface area (Å²) >= 11 is 0. The molecule has 3 aromatic heterocycles. The van der Waals surface area contributed by atoms with E-state index in [-0.39, 0.29) is 11.6 Å². The molecule has 0 unspecified atom stereocenters. The van der Waals surface area contributed by atoms with E-state index in [1.807, 2.05) is 47.2 Å². The van der Waals surface area contributed by atoms with Gasteiger partial charge in [-0.3, -0.25) is 4.79 Å². The van der Waals surface area contributed by atoms with Crippen molar-refractivity contribution in [2.24, 2.45) is 5.92 Å². The van der Waals surface area contributed by atoms with Gasteiger partial charge in [-0.25, -0.2) is 4.52 Å². The van der Waals surface area contributed by atoms with E-state index in [0.29, 0.717) is 29.2 Å². The lowest BCUT2D eigenvalue weighted by molar-refractivity contribution is 0.181. The molecule has 1 aliphatic carbocycles. The minimum Gasteiger partial charge on any atom is -0.378 e. The predicted octanol–water partition coefficient (Wildman–Crippen LogP) is 4.00. The highest BCUT2D eigenvalue weighted by molar-refractivity contribution is 5.84. The summed E-state index contributed by atoms with van der Waals surface area (Å²) < 4.78 is 8.96. The van der Waals surface area contributed by atoms with Gasteiger partial charge >= 0.3 is 0 Å². The second-order valence-corrected chi connectivity index (χ2v) is 8.15. The first-order valence-corrected chi connectivity index (χ1v) is 10.5. The Balaban J connectivity index is 1.72. The zero-order valence-electron chi connectivity index (χ0n) is 17.3. The molecule has 5 rings (SSSR count). The Labute approximate surface area is 174 Å². The van der Waals surface area contributed by atoms with Crippen LogP contribution >= 0.6 is 0 Å². The number of ether oxygens (including phenoxy) is 1. The van der Waals surface area contributed by atoms with Gasteiger partial charge in [0.05, 0.1) is 17.9 Å². The van der Waals surface area contributed by atoms with E-state index in [1.54, 1.807) is 11.6 Å². The first kappa shape index (κ1) is 18.9. The Morgan fingerprint density at radius 1 is 1.10 bits per heavy atom. The standard InChI is InChI=1S/C23H25N5O2/c1-15-8-6-7-11-18(15)27-13-12-19-21(23(27)29)24-25-22-20(16-9-4-3-5-10-16)17(14-30-2)26-28(19)22/h3-5,9-10,12-13,15,18H,6-8,11,14H2,1-2H3/t15-,18+/m0/s1. The van der Waals surface area contributed by atoms with Gasteiger partial charge in [-0.2, -0.15) is 5.10 Å². The number of methoxy groups -OCH3 is 1. The Kier molecular flexibility index (Phi) is 4.83. The number of hydrogen-bond donors (Lipinski definition) is 0. The third-order valence-electron chi connectivity index (χ3n) is 6.25. The molecule has 0 amide bonds. The monoisotopic (exact) mass is 403 g/mol. The van der Waals surface area contributed by atoms with E-state index in [2.05, 4.69) is 17.1 Å². The fourth-order valence-electron chi connectivity index (χ4n) is 4.71. The third-order valence-corrected chi connectivity index (χ3v) is 6.25. The molecule has 0 aliphatic heterocycles. The van der Waals surface area contributed by atoms with Crippen molar-refractivity contribution in [3.8, 4) is 11.1 Å². The minimum absolute atomic E-state index is 0.0919. The van der Waals surface area contributed by atoms with Crippen LogP contribution in [0.2, 0.25) is 0 Å². The lowest BCUT2D eigenvalue weighted by atomic mass is 9.85. The van der Waals surface area contributed by atoms with E-state index in [4.69, 9.17) is 9.84 Å². The first-order valence-electron chi connectivity index (χ1n) is 10.5. The van der Waals surface area contributed by atoms with Gasteiger partial charge in [-0.15, -0.1) is 10.2 Å². The van der Waals surface area contributed by atoms with Crippen LogP contribution in [0, 0.1) is 5.92 Å². The van der Waals surface area contributed by atoms with Crippen LogP contribution in [0.3, 0.4) is 0 Å². The summed E-state index contributed by atoms with van der Waals surface area (Å²) in [5.41, 5.74) is 4.22. The number of hydrogen-bond acceptors (Lipinski definition) is 5. The van der Waals surface area contributed by atoms with E-state index >= 15 is 0 Å². The van der Waals surface area contributed by atoms with Crippen molar-refractivity contribution < 1.29 is 4.74 Å². The molecular formula is C23H25N5O2. The van der Waals surface area contributed by atoms with Crippen LogP contribution in [0.25, 0.3) is 27.8 Å². The molecule has 0 N–H and O–H groups in total. The zero-order chi connectivity index (χ0) is 20.7. The van der Waals surface area contributed by atoms with Crippen molar-refractivity contribution in [3.63, 3.8) is 0 Å². The van der Waals surface area contributed by atoms with E-state index in [9.17, 15) is 4.79 Å². The summed E-state index contributed by atoms with van der Waals surface area (Å²) in [5.74, 6) is 0.480. The normalized spacial score (nSPS) is 19.5. The average Bonchev–Trinajstić information content (AvgIpc) is 3.14. The largest absolute Gasteiger partial charge is 0.378 e. The number of rotatable bonds is 4. The van der Waals surface area contributed by atoms with Crippen LogP contribution in [0.4, 0.5) is 0 Å². The Bertz CT molecular complexity index is 1260. The maximum absolute atomic E-state index is 13.3. The molecule has 1 fully saturated rings. The van der Waals surface area contributed by atoms with Crippen LogP contribution in [-0.2, 0) is 11.3 Å². The first-order chi connectivity index (χ1) is 14.7. The molecular weight excluding hydrogens is 378 g/mol. The van der Waals surface area contributed by atoms with E-state index < -0.39 is 0 Å². The molecule has 1 saturated carbocycles. The summed E-state index contributed by atoms with van der Waals surface area (Å²) in [6, 6.07) is 12.1. The molecule has 1 aliphatic rings. The number of benzene rings is 1. The van der Waals surface area contributed by atoms with Crippen LogP contribution in [0.5, 0.6) is 0 Å². The molecule has 0 bridgehead atoms.